The van der Waals surface area contributed by atoms with E-state index in [-0.39, 0.29) is 47.0 Å². The van der Waals surface area contributed by atoms with Crippen molar-refractivity contribution in [2.75, 3.05) is 67.8 Å². The molecule has 6 aliphatic heterocycles. The number of hydrogen-bond donors (Lipinski definition) is 3. The van der Waals surface area contributed by atoms with Gasteiger partial charge in [-0.15, -0.1) is 0 Å². The number of carbonyl (C=O) groups is 1. The lowest BCUT2D eigenvalue weighted by molar-refractivity contribution is -0.384. The highest BCUT2D eigenvalue weighted by Gasteiger charge is 2.55. The Morgan fingerprint density at radius 3 is 2.60 bits per heavy atom. The Kier molecular flexibility index (Phi) is 10.6. The number of likely N-dealkylation sites (tertiary alicyclic amines) is 1. The van der Waals surface area contributed by atoms with E-state index in [9.17, 15) is 23.3 Å². The van der Waals surface area contributed by atoms with Crippen LogP contribution >= 0.6 is 0 Å². The molecule has 1 saturated carbocycles. The van der Waals surface area contributed by atoms with Crippen molar-refractivity contribution >= 4 is 55.4 Å². The minimum atomic E-state index is -4.68. The van der Waals surface area contributed by atoms with Gasteiger partial charge in [0.1, 0.15) is 24.0 Å². The second kappa shape index (κ2) is 16.6. The number of nitro groups is 1. The molecule has 2 aromatic heterocycles. The zero-order chi connectivity index (χ0) is 46.5. The summed E-state index contributed by atoms with van der Waals surface area (Å²) in [6.07, 6.45) is 7.58. The van der Waals surface area contributed by atoms with Crippen LogP contribution in [0.1, 0.15) is 85.8 Å². The fourth-order valence-electron chi connectivity index (χ4n) is 12.3. The van der Waals surface area contributed by atoms with Crippen LogP contribution in [0.25, 0.3) is 11.0 Å². The molecule has 1 spiro atoms. The first-order valence-electron chi connectivity index (χ1n) is 24.0. The van der Waals surface area contributed by atoms with Crippen LogP contribution in [-0.4, -0.2) is 111 Å². The van der Waals surface area contributed by atoms with Crippen molar-refractivity contribution in [3.05, 3.63) is 99.7 Å². The zero-order valence-corrected chi connectivity index (χ0v) is 39.0. The number of rotatable bonds is 10. The maximum atomic E-state index is 14.7. The van der Waals surface area contributed by atoms with E-state index >= 15 is 0 Å². The molecular weight excluding hydrogens is 889 g/mol. The van der Waals surface area contributed by atoms with Gasteiger partial charge in [0, 0.05) is 73.2 Å². The molecule has 68 heavy (non-hydrogen) atoms. The van der Waals surface area contributed by atoms with Gasteiger partial charge in [-0.2, -0.15) is 4.98 Å². The number of nitrogens with one attached hydrogen (secondary N) is 3. The number of amides is 1. The maximum Gasteiger partial charge on any atom is 0.297 e. The average molecular weight is 945 g/mol. The minimum Gasteiger partial charge on any atom is -0.489 e. The highest BCUT2D eigenvalue weighted by molar-refractivity contribution is 7.90. The number of H-pyrrole nitrogens is 1. The summed E-state index contributed by atoms with van der Waals surface area (Å²) in [6.45, 7) is 9.40. The van der Waals surface area contributed by atoms with Crippen molar-refractivity contribution in [2.24, 2.45) is 11.3 Å². The normalized spacial score (nSPS) is 24.6. The summed E-state index contributed by atoms with van der Waals surface area (Å²) >= 11 is 0. The van der Waals surface area contributed by atoms with Gasteiger partial charge in [-0.05, 0) is 98.4 Å². The molecule has 0 unspecified atom stereocenters. The summed E-state index contributed by atoms with van der Waals surface area (Å²) < 4.78 is 54.7. The molecule has 0 radical (unpaired) electrons. The number of nitro benzene ring substituents is 1. The summed E-state index contributed by atoms with van der Waals surface area (Å²) in [7, 11) is -4.68. The van der Waals surface area contributed by atoms with E-state index in [0.717, 1.165) is 62.5 Å². The van der Waals surface area contributed by atoms with E-state index in [1.165, 1.54) is 30.0 Å². The van der Waals surface area contributed by atoms with Gasteiger partial charge in [0.05, 0.1) is 46.4 Å². The van der Waals surface area contributed by atoms with Gasteiger partial charge in [-0.1, -0.05) is 38.1 Å². The second-order valence-corrected chi connectivity index (χ2v) is 21.9. The fourth-order valence-corrected chi connectivity index (χ4v) is 13.3. The highest BCUT2D eigenvalue weighted by Crippen LogP contribution is 2.55. The van der Waals surface area contributed by atoms with Gasteiger partial charge < -0.3 is 39.0 Å². The van der Waals surface area contributed by atoms with Gasteiger partial charge in [0.2, 0.25) is 5.88 Å². The molecule has 5 fully saturated rings. The van der Waals surface area contributed by atoms with Crippen molar-refractivity contribution in [3.8, 4) is 11.6 Å². The van der Waals surface area contributed by atoms with Crippen molar-refractivity contribution < 1.29 is 37.1 Å². The zero-order valence-electron chi connectivity index (χ0n) is 38.2. The van der Waals surface area contributed by atoms with Gasteiger partial charge in [-0.25, -0.2) is 13.1 Å². The van der Waals surface area contributed by atoms with Gasteiger partial charge in [0.15, 0.2) is 11.4 Å². The number of ether oxygens (including phenoxy) is 4. The van der Waals surface area contributed by atoms with E-state index in [4.69, 9.17) is 23.9 Å². The number of pyridine rings is 1. The number of hydrogen-bond acceptors (Lipinski definition) is 14. The Morgan fingerprint density at radius 2 is 1.79 bits per heavy atom. The third-order valence-electron chi connectivity index (χ3n) is 15.7. The summed E-state index contributed by atoms with van der Waals surface area (Å²) in [5, 5.41) is 16.6. The third kappa shape index (κ3) is 7.41. The smallest absolute Gasteiger partial charge is 0.297 e. The Balaban J connectivity index is 0.842. The first-order valence-corrected chi connectivity index (χ1v) is 25.5. The largest absolute Gasteiger partial charge is 0.489 e. The lowest BCUT2D eigenvalue weighted by Crippen LogP contribution is -2.66. The van der Waals surface area contributed by atoms with Crippen LogP contribution in [-0.2, 0) is 19.5 Å². The molecule has 0 bridgehead atoms. The van der Waals surface area contributed by atoms with Crippen molar-refractivity contribution in [1.82, 2.24) is 19.6 Å². The molecule has 1 amide bonds. The van der Waals surface area contributed by atoms with Crippen molar-refractivity contribution in [3.63, 3.8) is 0 Å². The molecule has 8 heterocycles. The topological polar surface area (TPSA) is 194 Å². The number of carbonyl (C=O) groups excluding carboxylic acids is 1. The lowest BCUT2D eigenvalue weighted by Gasteiger charge is -2.62. The number of benzene rings is 3. The molecule has 12 rings (SSSR count). The first-order chi connectivity index (χ1) is 32.9. The standard InChI is InChI=1S/C50H56N8O9S/c1-29(2)35-6-3-4-7-36(35)39-8-5-15-56(39)33-22-50(23-33)27-55(28-50)32-9-10-37(40(19-32)57-42-18-31-11-14-51-47(31)53-49(42)67-45-26-65-25-43(45)57)48(59)54-68(62,63)34-20-41(58(60)61)46-44(21-34)66-24-38(52-46)30-12-16-64-17-13-30/h3-4,6-7,9-11,14,18-21,29-30,33,38-39,43,45,52H,5,8,12-13,15-17,22-28H2,1-2H3,(H,51,53)(H,54,59)/t38-,39-,43-,45-/m0/s1. The van der Waals surface area contributed by atoms with Gasteiger partial charge >= 0.3 is 0 Å². The van der Waals surface area contributed by atoms with Gasteiger partial charge in [-0.3, -0.25) is 19.8 Å². The molecule has 4 atom stereocenters. The summed E-state index contributed by atoms with van der Waals surface area (Å²) in [5.41, 5.74) is 5.50. The molecule has 5 aromatic rings. The highest BCUT2D eigenvalue weighted by atomic mass is 32.2. The Morgan fingerprint density at radius 1 is 0.971 bits per heavy atom. The SMILES string of the molecule is CC(C)c1ccccc1[C@@H]1CCCN1C1CC2(C1)CN(c1ccc(C(=O)NS(=O)(=O)c3cc4c(c([N+](=O)[O-])c3)N[C@H](C3CCOCC3)CO4)c(N3c4cc5cc[nH]c5nc4O[C@H]4COC[C@@H]43)c1)C2. The molecule has 7 aliphatic rings. The fraction of sp³-hybridized carbons (Fsp3) is 0.480. The van der Waals surface area contributed by atoms with E-state index in [1.807, 2.05) is 29.2 Å². The first kappa shape index (κ1) is 43.3. The van der Waals surface area contributed by atoms with Crippen molar-refractivity contribution in [2.45, 2.75) is 93.5 Å². The predicted molar refractivity (Wildman–Crippen MR) is 255 cm³/mol. The average Bonchev–Trinajstić information content (AvgIpc) is 4.11. The summed E-state index contributed by atoms with van der Waals surface area (Å²) in [5.74, 6) is 0.145. The number of aromatic nitrogens is 2. The van der Waals surface area contributed by atoms with Crippen LogP contribution in [0.2, 0.25) is 0 Å². The van der Waals surface area contributed by atoms with Crippen LogP contribution in [0.4, 0.5) is 28.4 Å². The Hall–Kier alpha value is -5.95. The van der Waals surface area contributed by atoms with Crippen LogP contribution < -0.4 is 29.3 Å². The molecule has 18 heteroatoms. The molecule has 356 valence electrons. The monoisotopic (exact) mass is 944 g/mol. The summed E-state index contributed by atoms with van der Waals surface area (Å²) in [6, 6.07) is 21.0. The maximum absolute atomic E-state index is 14.7. The quantitative estimate of drug-likeness (QED) is 0.0925. The Labute approximate surface area is 394 Å². The molecule has 3 N–H and O–H groups in total. The van der Waals surface area contributed by atoms with Crippen LogP contribution in [0.3, 0.4) is 0 Å². The number of aromatic amines is 1. The van der Waals surface area contributed by atoms with E-state index in [1.54, 1.807) is 12.3 Å². The summed E-state index contributed by atoms with van der Waals surface area (Å²) in [4.78, 5) is 41.1. The Bertz CT molecular complexity index is 2920. The third-order valence-corrected chi connectivity index (χ3v) is 17.0. The minimum absolute atomic E-state index is 0.0305. The van der Waals surface area contributed by atoms with Crippen LogP contribution in [0.5, 0.6) is 11.6 Å². The second-order valence-electron chi connectivity index (χ2n) is 20.2. The molecule has 4 saturated heterocycles. The van der Waals surface area contributed by atoms with Crippen LogP contribution in [0.15, 0.2) is 77.8 Å². The number of nitrogens with zero attached hydrogens (tertiary/aromatic N) is 5. The van der Waals surface area contributed by atoms with Gasteiger partial charge in [0.25, 0.3) is 21.6 Å². The van der Waals surface area contributed by atoms with E-state index in [0.29, 0.717) is 67.3 Å². The van der Waals surface area contributed by atoms with Crippen LogP contribution in [0, 0.1) is 21.4 Å². The predicted octanol–water partition coefficient (Wildman–Crippen LogP) is 7.42. The number of fused-ring (bicyclic) bond motifs is 4. The molecule has 17 nitrogen and oxygen atoms in total. The number of sulfonamides is 1. The molecular formula is C50H56N8O9S. The molecule has 3 aromatic carbocycles. The van der Waals surface area contributed by atoms with Crippen molar-refractivity contribution in [1.29, 1.82) is 0 Å². The van der Waals surface area contributed by atoms with E-state index < -0.39 is 37.5 Å². The number of anilines is 4. The lowest BCUT2D eigenvalue weighted by atomic mass is 9.60. The molecule has 1 aliphatic carbocycles. The van der Waals surface area contributed by atoms with E-state index in [2.05, 4.69) is 62.9 Å².